The fraction of sp³-hybridized carbons (Fsp3) is 0.556. The molecule has 1 heterocycles. The first-order valence-corrected chi connectivity index (χ1v) is 6.59. The van der Waals surface area contributed by atoms with Crippen LogP contribution in [0.15, 0.2) is 17.3 Å². The summed E-state index contributed by atoms with van der Waals surface area (Å²) in [6, 6.07) is -1.11. The Morgan fingerprint density at radius 3 is 2.71 bits per heavy atom. The van der Waals surface area contributed by atoms with Crippen LogP contribution in [0.2, 0.25) is 0 Å². The maximum absolute atomic E-state index is 11.8. The Hall–Kier alpha value is -1.41. The minimum Gasteiger partial charge on any atom is -0.480 e. The van der Waals surface area contributed by atoms with Gasteiger partial charge >= 0.3 is 5.97 Å². The second kappa shape index (κ2) is 5.28. The first-order valence-electron chi connectivity index (χ1n) is 5.10. The first kappa shape index (κ1) is 13.7. The SMILES string of the molecule is CCC[C@H](NS(=O)(=O)c1cnn(C)c1)C(=O)O. The molecule has 1 rings (SSSR count). The maximum Gasteiger partial charge on any atom is 0.321 e. The van der Waals surface area contributed by atoms with Gasteiger partial charge in [0.1, 0.15) is 10.9 Å². The molecule has 7 nitrogen and oxygen atoms in total. The summed E-state index contributed by atoms with van der Waals surface area (Å²) in [7, 11) is -2.24. The van der Waals surface area contributed by atoms with E-state index in [-0.39, 0.29) is 11.3 Å². The number of carboxylic acids is 1. The van der Waals surface area contributed by atoms with Crippen molar-refractivity contribution in [2.75, 3.05) is 0 Å². The Morgan fingerprint density at radius 1 is 1.65 bits per heavy atom. The molecule has 0 spiro atoms. The largest absolute Gasteiger partial charge is 0.480 e. The van der Waals surface area contributed by atoms with Crippen LogP contribution in [0.3, 0.4) is 0 Å². The van der Waals surface area contributed by atoms with Crippen LogP contribution < -0.4 is 4.72 Å². The van der Waals surface area contributed by atoms with Crippen molar-refractivity contribution in [3.63, 3.8) is 0 Å². The lowest BCUT2D eigenvalue weighted by Crippen LogP contribution is -2.40. The Kier molecular flexibility index (Phi) is 4.24. The van der Waals surface area contributed by atoms with Gasteiger partial charge in [-0.15, -0.1) is 0 Å². The molecule has 8 heteroatoms. The molecule has 0 amide bonds. The van der Waals surface area contributed by atoms with E-state index in [1.54, 1.807) is 14.0 Å². The van der Waals surface area contributed by atoms with Crippen LogP contribution in [-0.4, -0.2) is 35.3 Å². The third-order valence-electron chi connectivity index (χ3n) is 2.16. The molecule has 0 bridgehead atoms. The second-order valence-electron chi connectivity index (χ2n) is 3.65. The average molecular weight is 261 g/mol. The zero-order valence-electron chi connectivity index (χ0n) is 9.62. The number of hydrogen-bond acceptors (Lipinski definition) is 4. The third kappa shape index (κ3) is 3.53. The molecule has 1 aromatic rings. The molecule has 0 saturated heterocycles. The van der Waals surface area contributed by atoms with Gasteiger partial charge in [0.2, 0.25) is 10.0 Å². The predicted molar refractivity (Wildman–Crippen MR) is 59.9 cm³/mol. The standard InChI is InChI=1S/C9H15N3O4S/c1-3-4-8(9(13)14)11-17(15,16)7-5-10-12(2)6-7/h5-6,8,11H,3-4H2,1-2H3,(H,13,14)/t8-/m0/s1. The van der Waals surface area contributed by atoms with Crippen LogP contribution in [0, 0.1) is 0 Å². The highest BCUT2D eigenvalue weighted by atomic mass is 32.2. The molecule has 96 valence electrons. The summed E-state index contributed by atoms with van der Waals surface area (Å²) in [5.74, 6) is -1.18. The maximum atomic E-state index is 11.8. The van der Waals surface area contributed by atoms with Gasteiger partial charge in [-0.1, -0.05) is 13.3 Å². The number of hydrogen-bond donors (Lipinski definition) is 2. The Balaban J connectivity index is 2.88. The molecule has 0 aliphatic heterocycles. The summed E-state index contributed by atoms with van der Waals surface area (Å²) in [6.45, 7) is 1.79. The third-order valence-corrected chi connectivity index (χ3v) is 3.59. The van der Waals surface area contributed by atoms with Crippen molar-refractivity contribution >= 4 is 16.0 Å². The summed E-state index contributed by atoms with van der Waals surface area (Å²) < 4.78 is 27.1. The Labute approximate surface area is 99.5 Å². The van der Waals surface area contributed by atoms with Crippen molar-refractivity contribution in [1.82, 2.24) is 14.5 Å². The van der Waals surface area contributed by atoms with Crippen molar-refractivity contribution in [1.29, 1.82) is 0 Å². The normalized spacial score (nSPS) is 13.5. The van der Waals surface area contributed by atoms with E-state index < -0.39 is 22.0 Å². The van der Waals surface area contributed by atoms with Gasteiger partial charge in [-0.05, 0) is 6.42 Å². The number of nitrogens with one attached hydrogen (secondary N) is 1. The molecule has 0 aliphatic carbocycles. The summed E-state index contributed by atoms with van der Waals surface area (Å²) in [5, 5.41) is 12.6. The number of rotatable bonds is 6. The smallest absolute Gasteiger partial charge is 0.321 e. The van der Waals surface area contributed by atoms with E-state index in [1.165, 1.54) is 17.1 Å². The monoisotopic (exact) mass is 261 g/mol. The van der Waals surface area contributed by atoms with E-state index in [0.29, 0.717) is 6.42 Å². The molecule has 0 aliphatic rings. The highest BCUT2D eigenvalue weighted by Gasteiger charge is 2.25. The van der Waals surface area contributed by atoms with E-state index in [2.05, 4.69) is 9.82 Å². The fourth-order valence-electron chi connectivity index (χ4n) is 1.31. The van der Waals surface area contributed by atoms with Crippen molar-refractivity contribution in [2.45, 2.75) is 30.7 Å². The lowest BCUT2D eigenvalue weighted by atomic mass is 10.2. The number of aryl methyl sites for hydroxylation is 1. The quantitative estimate of drug-likeness (QED) is 0.747. The van der Waals surface area contributed by atoms with Crippen LogP contribution in [0.1, 0.15) is 19.8 Å². The molecule has 0 unspecified atom stereocenters. The number of aromatic nitrogens is 2. The number of sulfonamides is 1. The van der Waals surface area contributed by atoms with Gasteiger partial charge < -0.3 is 5.11 Å². The van der Waals surface area contributed by atoms with Gasteiger partial charge in [0.25, 0.3) is 0 Å². The molecule has 0 aromatic carbocycles. The minimum absolute atomic E-state index is 0.0395. The lowest BCUT2D eigenvalue weighted by Gasteiger charge is -2.12. The zero-order chi connectivity index (χ0) is 13.1. The molecule has 17 heavy (non-hydrogen) atoms. The van der Waals surface area contributed by atoms with Crippen molar-refractivity contribution in [3.05, 3.63) is 12.4 Å². The molecule has 0 fully saturated rings. The van der Waals surface area contributed by atoms with Crippen molar-refractivity contribution in [3.8, 4) is 0 Å². The van der Waals surface area contributed by atoms with E-state index in [0.717, 1.165) is 0 Å². The van der Waals surface area contributed by atoms with Crippen LogP contribution in [0.25, 0.3) is 0 Å². The zero-order valence-corrected chi connectivity index (χ0v) is 10.4. The Bertz CT molecular complexity index is 494. The summed E-state index contributed by atoms with van der Waals surface area (Å²) >= 11 is 0. The number of nitrogens with zero attached hydrogens (tertiary/aromatic N) is 2. The topological polar surface area (TPSA) is 101 Å². The first-order chi connectivity index (χ1) is 7.86. The molecule has 1 aromatic heterocycles. The highest BCUT2D eigenvalue weighted by Crippen LogP contribution is 2.09. The summed E-state index contributed by atoms with van der Waals surface area (Å²) in [6.07, 6.45) is 3.31. The van der Waals surface area contributed by atoms with Gasteiger partial charge in [-0.25, -0.2) is 8.42 Å². The Morgan fingerprint density at radius 2 is 2.29 bits per heavy atom. The van der Waals surface area contributed by atoms with Crippen LogP contribution in [0.5, 0.6) is 0 Å². The van der Waals surface area contributed by atoms with E-state index in [9.17, 15) is 13.2 Å². The molecule has 1 atom stereocenters. The minimum atomic E-state index is -3.82. The van der Waals surface area contributed by atoms with Crippen LogP contribution >= 0.6 is 0 Å². The molecule has 0 radical (unpaired) electrons. The lowest BCUT2D eigenvalue weighted by molar-refractivity contribution is -0.139. The van der Waals surface area contributed by atoms with Gasteiger partial charge in [0.15, 0.2) is 0 Å². The van der Waals surface area contributed by atoms with Gasteiger partial charge in [-0.3, -0.25) is 9.48 Å². The van der Waals surface area contributed by atoms with Crippen LogP contribution in [0.4, 0.5) is 0 Å². The number of carbonyl (C=O) groups is 1. The van der Waals surface area contributed by atoms with E-state index >= 15 is 0 Å². The van der Waals surface area contributed by atoms with Crippen molar-refractivity contribution < 1.29 is 18.3 Å². The number of carboxylic acid groups (broad SMARTS) is 1. The van der Waals surface area contributed by atoms with Gasteiger partial charge in [0, 0.05) is 13.2 Å². The van der Waals surface area contributed by atoms with Gasteiger partial charge in [-0.2, -0.15) is 9.82 Å². The predicted octanol–water partition coefficient (Wildman–Crippen LogP) is -0.0483. The van der Waals surface area contributed by atoms with Crippen molar-refractivity contribution in [2.24, 2.45) is 7.05 Å². The van der Waals surface area contributed by atoms with E-state index in [4.69, 9.17) is 5.11 Å². The summed E-state index contributed by atoms with van der Waals surface area (Å²) in [5.41, 5.74) is 0. The molecular weight excluding hydrogens is 246 g/mol. The molecular formula is C9H15N3O4S. The van der Waals surface area contributed by atoms with Gasteiger partial charge in [0.05, 0.1) is 6.20 Å². The number of aliphatic carboxylic acids is 1. The van der Waals surface area contributed by atoms with E-state index in [1.807, 2.05) is 0 Å². The average Bonchev–Trinajstić information content (AvgIpc) is 2.64. The molecule has 0 saturated carbocycles. The molecule has 2 N–H and O–H groups in total. The summed E-state index contributed by atoms with van der Waals surface area (Å²) in [4.78, 5) is 10.8. The second-order valence-corrected chi connectivity index (χ2v) is 5.36. The fourth-order valence-corrected chi connectivity index (χ4v) is 2.52. The highest BCUT2D eigenvalue weighted by molar-refractivity contribution is 7.89. The van der Waals surface area contributed by atoms with Crippen LogP contribution in [-0.2, 0) is 21.9 Å².